The van der Waals surface area contributed by atoms with Crippen molar-refractivity contribution in [2.45, 2.75) is 31.8 Å². The van der Waals surface area contributed by atoms with Crippen LogP contribution in [0.4, 0.5) is 10.5 Å². The second kappa shape index (κ2) is 7.82. The molecule has 7 nitrogen and oxygen atoms in total. The Hall–Kier alpha value is -1.83. The van der Waals surface area contributed by atoms with E-state index in [1.54, 1.807) is 6.07 Å². The second-order valence-corrected chi connectivity index (χ2v) is 7.27. The SMILES string of the molecule is CC1CNCCN1C(=O)CCC1NC(=O)N(c2ccc(Cl)c(Cl)c2)C1=O. The first-order chi connectivity index (χ1) is 12.4. The van der Waals surface area contributed by atoms with Gasteiger partial charge < -0.3 is 15.5 Å². The number of amides is 4. The molecule has 3 rings (SSSR count). The highest BCUT2D eigenvalue weighted by atomic mass is 35.5. The molecule has 2 saturated heterocycles. The van der Waals surface area contributed by atoms with Crippen molar-refractivity contribution < 1.29 is 14.4 Å². The highest BCUT2D eigenvalue weighted by Gasteiger charge is 2.39. The average Bonchev–Trinajstić information content (AvgIpc) is 2.89. The molecular weight excluding hydrogens is 379 g/mol. The summed E-state index contributed by atoms with van der Waals surface area (Å²) in [7, 11) is 0. The summed E-state index contributed by atoms with van der Waals surface area (Å²) in [4.78, 5) is 40.1. The number of anilines is 1. The van der Waals surface area contributed by atoms with Crippen LogP contribution in [0.15, 0.2) is 18.2 Å². The Bertz CT molecular complexity index is 743. The van der Waals surface area contributed by atoms with Gasteiger partial charge in [0.2, 0.25) is 5.91 Å². The van der Waals surface area contributed by atoms with Gasteiger partial charge in [-0.25, -0.2) is 9.69 Å². The van der Waals surface area contributed by atoms with E-state index in [2.05, 4.69) is 10.6 Å². The zero-order valence-electron chi connectivity index (χ0n) is 14.3. The van der Waals surface area contributed by atoms with Gasteiger partial charge in [0.25, 0.3) is 5.91 Å². The number of hydrogen-bond acceptors (Lipinski definition) is 4. The van der Waals surface area contributed by atoms with Crippen LogP contribution in [-0.4, -0.2) is 54.5 Å². The van der Waals surface area contributed by atoms with Crippen LogP contribution >= 0.6 is 23.2 Å². The van der Waals surface area contributed by atoms with Crippen LogP contribution in [0.1, 0.15) is 19.8 Å². The zero-order valence-corrected chi connectivity index (χ0v) is 15.8. The molecule has 2 heterocycles. The molecule has 0 spiro atoms. The van der Waals surface area contributed by atoms with E-state index in [0.29, 0.717) is 17.3 Å². The van der Waals surface area contributed by atoms with Gasteiger partial charge in [-0.1, -0.05) is 23.2 Å². The van der Waals surface area contributed by atoms with Gasteiger partial charge in [-0.05, 0) is 31.5 Å². The van der Waals surface area contributed by atoms with E-state index in [0.717, 1.165) is 18.0 Å². The van der Waals surface area contributed by atoms with Crippen molar-refractivity contribution in [1.29, 1.82) is 0 Å². The third-order valence-electron chi connectivity index (χ3n) is 4.65. The van der Waals surface area contributed by atoms with Crippen LogP contribution < -0.4 is 15.5 Å². The third-order valence-corrected chi connectivity index (χ3v) is 5.39. The predicted octanol–water partition coefficient (Wildman–Crippen LogP) is 2.02. The number of carbonyl (C=O) groups is 3. The standard InChI is InChI=1S/C17H20Cl2N4O3/c1-10-9-20-6-7-22(10)15(24)5-4-14-16(25)23(17(26)21-14)11-2-3-12(18)13(19)8-11/h2-3,8,10,14,20H,4-7,9H2,1H3,(H,21,26). The topological polar surface area (TPSA) is 81.8 Å². The van der Waals surface area contributed by atoms with Crippen LogP contribution in [0.3, 0.4) is 0 Å². The van der Waals surface area contributed by atoms with Crippen molar-refractivity contribution in [3.05, 3.63) is 28.2 Å². The fourth-order valence-electron chi connectivity index (χ4n) is 3.22. The third kappa shape index (κ3) is 3.79. The van der Waals surface area contributed by atoms with Gasteiger partial charge in [0.15, 0.2) is 0 Å². The zero-order chi connectivity index (χ0) is 18.8. The second-order valence-electron chi connectivity index (χ2n) is 6.45. The molecule has 2 aliphatic rings. The van der Waals surface area contributed by atoms with Crippen molar-refractivity contribution in [1.82, 2.24) is 15.5 Å². The summed E-state index contributed by atoms with van der Waals surface area (Å²) in [6, 6.07) is 3.43. The van der Waals surface area contributed by atoms with E-state index < -0.39 is 18.0 Å². The van der Waals surface area contributed by atoms with Crippen LogP contribution in [0.5, 0.6) is 0 Å². The lowest BCUT2D eigenvalue weighted by atomic mass is 10.1. The minimum atomic E-state index is -0.723. The molecular formula is C17H20Cl2N4O3. The molecule has 2 atom stereocenters. The molecule has 2 fully saturated rings. The molecule has 26 heavy (non-hydrogen) atoms. The molecule has 0 aromatic heterocycles. The van der Waals surface area contributed by atoms with E-state index in [1.165, 1.54) is 12.1 Å². The first-order valence-electron chi connectivity index (χ1n) is 8.48. The van der Waals surface area contributed by atoms with Gasteiger partial charge in [0.1, 0.15) is 6.04 Å². The van der Waals surface area contributed by atoms with Crippen molar-refractivity contribution >= 4 is 46.7 Å². The van der Waals surface area contributed by atoms with E-state index in [9.17, 15) is 14.4 Å². The first-order valence-corrected chi connectivity index (χ1v) is 9.24. The number of urea groups is 1. The molecule has 0 aliphatic carbocycles. The molecule has 0 saturated carbocycles. The fourth-order valence-corrected chi connectivity index (χ4v) is 3.51. The van der Waals surface area contributed by atoms with Gasteiger partial charge in [-0.15, -0.1) is 0 Å². The maximum Gasteiger partial charge on any atom is 0.329 e. The van der Waals surface area contributed by atoms with Gasteiger partial charge >= 0.3 is 6.03 Å². The van der Waals surface area contributed by atoms with Crippen LogP contribution in [0.25, 0.3) is 0 Å². The average molecular weight is 399 g/mol. The number of hydrogen-bond donors (Lipinski definition) is 2. The van der Waals surface area contributed by atoms with E-state index >= 15 is 0 Å². The van der Waals surface area contributed by atoms with Crippen LogP contribution in [0, 0.1) is 0 Å². The maximum atomic E-state index is 12.6. The quantitative estimate of drug-likeness (QED) is 0.760. The molecule has 2 aliphatic heterocycles. The number of halogens is 2. The van der Waals surface area contributed by atoms with E-state index in [-0.39, 0.29) is 29.8 Å². The van der Waals surface area contributed by atoms with Gasteiger partial charge in [-0.2, -0.15) is 0 Å². The highest BCUT2D eigenvalue weighted by molar-refractivity contribution is 6.42. The molecule has 2 N–H and O–H groups in total. The number of nitrogens with zero attached hydrogens (tertiary/aromatic N) is 2. The molecule has 9 heteroatoms. The molecule has 2 unspecified atom stereocenters. The summed E-state index contributed by atoms with van der Waals surface area (Å²) in [5.74, 6) is -0.399. The lowest BCUT2D eigenvalue weighted by Gasteiger charge is -2.34. The molecule has 1 aromatic carbocycles. The summed E-state index contributed by atoms with van der Waals surface area (Å²) in [5.41, 5.74) is 0.353. The van der Waals surface area contributed by atoms with Crippen molar-refractivity contribution in [2.75, 3.05) is 24.5 Å². The molecule has 0 radical (unpaired) electrons. The van der Waals surface area contributed by atoms with Gasteiger partial charge in [0, 0.05) is 32.1 Å². The Morgan fingerprint density at radius 1 is 1.27 bits per heavy atom. The highest BCUT2D eigenvalue weighted by Crippen LogP contribution is 2.29. The summed E-state index contributed by atoms with van der Waals surface area (Å²) in [5, 5.41) is 6.47. The Balaban J connectivity index is 1.63. The van der Waals surface area contributed by atoms with Gasteiger partial charge in [0.05, 0.1) is 15.7 Å². The molecule has 1 aromatic rings. The van der Waals surface area contributed by atoms with Crippen molar-refractivity contribution in [2.24, 2.45) is 0 Å². The summed E-state index contributed by atoms with van der Waals surface area (Å²) >= 11 is 11.8. The van der Waals surface area contributed by atoms with Crippen molar-refractivity contribution in [3.63, 3.8) is 0 Å². The Morgan fingerprint density at radius 3 is 2.73 bits per heavy atom. The van der Waals surface area contributed by atoms with E-state index in [4.69, 9.17) is 23.2 Å². The number of rotatable bonds is 4. The number of imide groups is 1. The maximum absolute atomic E-state index is 12.6. The number of piperazine rings is 1. The smallest absolute Gasteiger partial charge is 0.329 e. The Labute approximate surface area is 161 Å². The lowest BCUT2D eigenvalue weighted by molar-refractivity contribution is -0.134. The Morgan fingerprint density at radius 2 is 2.04 bits per heavy atom. The molecule has 4 amide bonds. The lowest BCUT2D eigenvalue weighted by Crippen LogP contribution is -2.52. The summed E-state index contributed by atoms with van der Waals surface area (Å²) < 4.78 is 0. The summed E-state index contributed by atoms with van der Waals surface area (Å²) in [6.07, 6.45) is 0.466. The normalized spacial score (nSPS) is 23.3. The van der Waals surface area contributed by atoms with Crippen LogP contribution in [-0.2, 0) is 9.59 Å². The monoisotopic (exact) mass is 398 g/mol. The summed E-state index contributed by atoms with van der Waals surface area (Å²) in [6.45, 7) is 4.16. The van der Waals surface area contributed by atoms with Crippen molar-refractivity contribution in [3.8, 4) is 0 Å². The molecule has 0 bridgehead atoms. The Kier molecular flexibility index (Phi) is 5.70. The number of nitrogens with one attached hydrogen (secondary N) is 2. The van der Waals surface area contributed by atoms with Crippen LogP contribution in [0.2, 0.25) is 10.0 Å². The van der Waals surface area contributed by atoms with Gasteiger partial charge in [-0.3, -0.25) is 9.59 Å². The number of benzene rings is 1. The largest absolute Gasteiger partial charge is 0.337 e. The minimum Gasteiger partial charge on any atom is -0.337 e. The fraction of sp³-hybridized carbons (Fsp3) is 0.471. The van der Waals surface area contributed by atoms with E-state index in [1.807, 2.05) is 11.8 Å². The minimum absolute atomic E-state index is 0.00552. The first kappa shape index (κ1) is 18.9. The molecule has 140 valence electrons. The number of carbonyl (C=O) groups excluding carboxylic acids is 3. The predicted molar refractivity (Wildman–Crippen MR) is 99.5 cm³/mol.